The lowest BCUT2D eigenvalue weighted by molar-refractivity contribution is 0.902. The normalized spacial score (nSPS) is 10.4. The van der Waals surface area contributed by atoms with Crippen LogP contribution in [0.1, 0.15) is 9.75 Å². The zero-order valence-corrected chi connectivity index (χ0v) is 9.14. The molecule has 0 fully saturated rings. The van der Waals surface area contributed by atoms with E-state index in [-0.39, 0.29) is 0 Å². The fourth-order valence-corrected chi connectivity index (χ4v) is 2.11. The average Bonchev–Trinajstić information content (AvgIpc) is 2.72. The largest absolute Gasteiger partial charge is 0.351 e. The summed E-state index contributed by atoms with van der Waals surface area (Å²) in [6.07, 6.45) is 3.73. The molecule has 3 nitrogen and oxygen atoms in total. The molecule has 2 aromatic rings. The molecule has 0 aliphatic heterocycles. The van der Waals surface area contributed by atoms with Crippen molar-refractivity contribution in [2.45, 2.75) is 13.5 Å². The fourth-order valence-electron chi connectivity index (χ4n) is 1.28. The second-order valence-electron chi connectivity index (χ2n) is 3.23. The summed E-state index contributed by atoms with van der Waals surface area (Å²) in [5.41, 5.74) is 0. The van der Waals surface area contributed by atoms with Crippen LogP contribution in [0.3, 0.4) is 0 Å². The summed E-state index contributed by atoms with van der Waals surface area (Å²) in [7, 11) is 1.98. The van der Waals surface area contributed by atoms with Gasteiger partial charge < -0.3 is 9.88 Å². The van der Waals surface area contributed by atoms with Gasteiger partial charge in [0.1, 0.15) is 0 Å². The maximum Gasteiger partial charge on any atom is 0.202 e. The summed E-state index contributed by atoms with van der Waals surface area (Å²) in [6, 6.07) is 4.29. The third-order valence-corrected chi connectivity index (χ3v) is 3.04. The van der Waals surface area contributed by atoms with E-state index in [2.05, 4.69) is 29.4 Å². The number of nitrogens with one attached hydrogen (secondary N) is 1. The Morgan fingerprint density at radius 2 is 2.36 bits per heavy atom. The maximum absolute atomic E-state index is 4.19. The van der Waals surface area contributed by atoms with Crippen LogP contribution < -0.4 is 5.32 Å². The first-order valence-corrected chi connectivity index (χ1v) is 5.34. The molecule has 4 heteroatoms. The molecule has 0 aliphatic rings. The lowest BCUT2D eigenvalue weighted by atomic mass is 10.4. The van der Waals surface area contributed by atoms with Gasteiger partial charge in [0, 0.05) is 29.2 Å². The highest BCUT2D eigenvalue weighted by atomic mass is 32.1. The van der Waals surface area contributed by atoms with Crippen molar-refractivity contribution in [3.8, 4) is 0 Å². The zero-order chi connectivity index (χ0) is 9.97. The molecule has 2 rings (SSSR count). The van der Waals surface area contributed by atoms with Gasteiger partial charge in [-0.05, 0) is 19.1 Å². The summed E-state index contributed by atoms with van der Waals surface area (Å²) in [5, 5.41) is 3.28. The molecule has 2 heterocycles. The van der Waals surface area contributed by atoms with Crippen LogP contribution >= 0.6 is 11.3 Å². The number of hydrogen-bond acceptors (Lipinski definition) is 3. The van der Waals surface area contributed by atoms with Crippen LogP contribution in [0.25, 0.3) is 0 Å². The Labute approximate surface area is 87.4 Å². The Kier molecular flexibility index (Phi) is 2.54. The summed E-state index contributed by atoms with van der Waals surface area (Å²) >= 11 is 1.82. The fraction of sp³-hybridized carbons (Fsp3) is 0.300. The summed E-state index contributed by atoms with van der Waals surface area (Å²) in [4.78, 5) is 6.88. The summed E-state index contributed by atoms with van der Waals surface area (Å²) in [5.74, 6) is 0.913. The lowest BCUT2D eigenvalue weighted by Crippen LogP contribution is -2.03. The minimum absolute atomic E-state index is 0.851. The van der Waals surface area contributed by atoms with Crippen molar-refractivity contribution in [3.63, 3.8) is 0 Å². The van der Waals surface area contributed by atoms with Crippen molar-refractivity contribution in [1.82, 2.24) is 9.55 Å². The third-order valence-electron chi connectivity index (χ3n) is 2.04. The van der Waals surface area contributed by atoms with Crippen LogP contribution in [0.15, 0.2) is 24.5 Å². The number of aromatic nitrogens is 2. The van der Waals surface area contributed by atoms with Gasteiger partial charge in [-0.15, -0.1) is 11.3 Å². The van der Waals surface area contributed by atoms with E-state index in [0.717, 1.165) is 12.5 Å². The van der Waals surface area contributed by atoms with Gasteiger partial charge in [0.25, 0.3) is 0 Å². The van der Waals surface area contributed by atoms with E-state index < -0.39 is 0 Å². The number of hydrogen-bond donors (Lipinski definition) is 1. The third kappa shape index (κ3) is 1.96. The predicted octanol–water partition coefficient (Wildman–Crippen LogP) is 2.40. The smallest absolute Gasteiger partial charge is 0.202 e. The van der Waals surface area contributed by atoms with Crippen LogP contribution in [-0.2, 0) is 13.6 Å². The summed E-state index contributed by atoms with van der Waals surface area (Å²) in [6.45, 7) is 2.97. The number of nitrogens with zero attached hydrogens (tertiary/aromatic N) is 2. The molecule has 0 radical (unpaired) electrons. The minimum Gasteiger partial charge on any atom is -0.351 e. The van der Waals surface area contributed by atoms with Crippen LogP contribution in [0, 0.1) is 6.92 Å². The number of aryl methyl sites for hydroxylation is 2. The SMILES string of the molecule is Cc1ccc(CNc2nccn2C)s1. The molecule has 0 saturated carbocycles. The van der Waals surface area contributed by atoms with Crippen molar-refractivity contribution in [3.05, 3.63) is 34.3 Å². The van der Waals surface area contributed by atoms with E-state index >= 15 is 0 Å². The first-order valence-electron chi connectivity index (χ1n) is 4.52. The lowest BCUT2D eigenvalue weighted by Gasteiger charge is -2.03. The van der Waals surface area contributed by atoms with E-state index in [4.69, 9.17) is 0 Å². The van der Waals surface area contributed by atoms with Crippen LogP contribution in [0.4, 0.5) is 5.95 Å². The maximum atomic E-state index is 4.19. The van der Waals surface area contributed by atoms with Crippen molar-refractivity contribution in [2.24, 2.45) is 7.05 Å². The van der Waals surface area contributed by atoms with Gasteiger partial charge in [-0.1, -0.05) is 0 Å². The highest BCUT2D eigenvalue weighted by molar-refractivity contribution is 7.11. The average molecular weight is 207 g/mol. The van der Waals surface area contributed by atoms with Gasteiger partial charge in [0.2, 0.25) is 5.95 Å². The van der Waals surface area contributed by atoms with E-state index in [0.29, 0.717) is 0 Å². The molecule has 2 aromatic heterocycles. The molecule has 74 valence electrons. The van der Waals surface area contributed by atoms with E-state index in [1.54, 1.807) is 6.20 Å². The van der Waals surface area contributed by atoms with E-state index in [9.17, 15) is 0 Å². The highest BCUT2D eigenvalue weighted by Crippen LogP contribution is 2.16. The van der Waals surface area contributed by atoms with Crippen molar-refractivity contribution in [1.29, 1.82) is 0 Å². The Morgan fingerprint density at radius 3 is 2.93 bits per heavy atom. The number of rotatable bonds is 3. The molecule has 0 spiro atoms. The molecule has 0 aromatic carbocycles. The van der Waals surface area contributed by atoms with Gasteiger partial charge in [-0.2, -0.15) is 0 Å². The molecular formula is C10H13N3S. The second-order valence-corrected chi connectivity index (χ2v) is 4.60. The molecule has 0 amide bonds. The van der Waals surface area contributed by atoms with Gasteiger partial charge >= 0.3 is 0 Å². The second kappa shape index (κ2) is 3.84. The van der Waals surface area contributed by atoms with Gasteiger partial charge in [-0.25, -0.2) is 4.98 Å². The Morgan fingerprint density at radius 1 is 1.50 bits per heavy atom. The van der Waals surface area contributed by atoms with E-state index in [1.165, 1.54) is 9.75 Å². The predicted molar refractivity (Wildman–Crippen MR) is 59.6 cm³/mol. The van der Waals surface area contributed by atoms with Crippen molar-refractivity contribution >= 4 is 17.3 Å². The molecular weight excluding hydrogens is 194 g/mol. The quantitative estimate of drug-likeness (QED) is 0.837. The molecule has 0 bridgehead atoms. The van der Waals surface area contributed by atoms with Crippen molar-refractivity contribution < 1.29 is 0 Å². The topological polar surface area (TPSA) is 29.9 Å². The monoisotopic (exact) mass is 207 g/mol. The Balaban J connectivity index is 1.98. The van der Waals surface area contributed by atoms with Gasteiger partial charge in [0.05, 0.1) is 6.54 Å². The van der Waals surface area contributed by atoms with Gasteiger partial charge in [-0.3, -0.25) is 0 Å². The first kappa shape index (κ1) is 9.27. The molecule has 0 saturated heterocycles. The standard InChI is InChI=1S/C10H13N3S/c1-8-3-4-9(14-8)7-12-10-11-5-6-13(10)2/h3-6H,7H2,1-2H3,(H,11,12). The van der Waals surface area contributed by atoms with Crippen LogP contribution in [-0.4, -0.2) is 9.55 Å². The number of imidazole rings is 1. The van der Waals surface area contributed by atoms with Crippen LogP contribution in [0.5, 0.6) is 0 Å². The Hall–Kier alpha value is -1.29. The zero-order valence-electron chi connectivity index (χ0n) is 8.32. The molecule has 0 unspecified atom stereocenters. The first-order chi connectivity index (χ1) is 6.75. The number of thiophene rings is 1. The molecule has 0 aliphatic carbocycles. The highest BCUT2D eigenvalue weighted by Gasteiger charge is 1.99. The molecule has 1 N–H and O–H groups in total. The number of anilines is 1. The Bertz CT molecular complexity index is 416. The van der Waals surface area contributed by atoms with Gasteiger partial charge in [0.15, 0.2) is 0 Å². The van der Waals surface area contributed by atoms with Crippen molar-refractivity contribution in [2.75, 3.05) is 5.32 Å². The molecule has 14 heavy (non-hydrogen) atoms. The minimum atomic E-state index is 0.851. The summed E-state index contributed by atoms with van der Waals surface area (Å²) < 4.78 is 1.97. The van der Waals surface area contributed by atoms with Crippen LogP contribution in [0.2, 0.25) is 0 Å². The van der Waals surface area contributed by atoms with E-state index in [1.807, 2.05) is 29.1 Å². The molecule has 0 atom stereocenters.